The maximum atomic E-state index is 11.5. The normalized spacial score (nSPS) is 62.9. The summed E-state index contributed by atoms with van der Waals surface area (Å²) in [6, 6.07) is 0. The summed E-state index contributed by atoms with van der Waals surface area (Å²) >= 11 is 0. The third-order valence-electron chi connectivity index (χ3n) is 4.26. The van der Waals surface area contributed by atoms with E-state index in [1.807, 2.05) is 0 Å². The van der Waals surface area contributed by atoms with Crippen LogP contribution >= 0.6 is 0 Å². The Balaban J connectivity index is 2.16. The van der Waals surface area contributed by atoms with Gasteiger partial charge in [-0.1, -0.05) is 6.92 Å². The molecule has 0 aromatic heterocycles. The fraction of sp³-hybridized carbons (Fsp3) is 0.889. The minimum Gasteiger partial charge on any atom is -0.299 e. The molecule has 0 amide bonds. The molecule has 3 saturated carbocycles. The van der Waals surface area contributed by atoms with Crippen molar-refractivity contribution in [1.82, 2.24) is 0 Å². The Morgan fingerprint density at radius 2 is 2.40 bits per heavy atom. The number of fused-ring (bicyclic) bond motifs is 1. The van der Waals surface area contributed by atoms with Gasteiger partial charge in [0.1, 0.15) is 5.78 Å². The van der Waals surface area contributed by atoms with Crippen molar-refractivity contribution >= 4 is 5.78 Å². The quantitative estimate of drug-likeness (QED) is 0.496. The van der Waals surface area contributed by atoms with E-state index < -0.39 is 0 Å². The van der Waals surface area contributed by atoms with Crippen LogP contribution in [0, 0.1) is 16.7 Å². The monoisotopic (exact) mass is 136 g/mol. The highest BCUT2D eigenvalue weighted by Gasteiger charge is 2.76. The number of rotatable bonds is 0. The Labute approximate surface area is 60.8 Å². The minimum atomic E-state index is 0.177. The van der Waals surface area contributed by atoms with E-state index in [0.717, 1.165) is 0 Å². The maximum Gasteiger partial charge on any atom is 0.142 e. The van der Waals surface area contributed by atoms with Crippen molar-refractivity contribution < 1.29 is 4.79 Å². The van der Waals surface area contributed by atoms with Crippen molar-refractivity contribution in [2.45, 2.75) is 32.6 Å². The van der Waals surface area contributed by atoms with Gasteiger partial charge < -0.3 is 0 Å². The Bertz CT molecular complexity index is 233. The molecule has 3 aliphatic rings. The zero-order chi connectivity index (χ0) is 6.98. The molecular formula is C9H12O. The Hall–Kier alpha value is -0.330. The third-order valence-corrected chi connectivity index (χ3v) is 4.26. The van der Waals surface area contributed by atoms with E-state index in [1.165, 1.54) is 25.7 Å². The summed E-state index contributed by atoms with van der Waals surface area (Å²) in [6.07, 6.45) is 5.01. The number of hydrogen-bond donors (Lipinski definition) is 0. The highest BCUT2D eigenvalue weighted by Crippen LogP contribution is 2.79. The Morgan fingerprint density at radius 1 is 1.60 bits per heavy atom. The second-order valence-electron chi connectivity index (χ2n) is 4.59. The number of Topliss-reactive ketones (excluding diaryl/α,β-unsaturated/α-hetero) is 1. The Kier molecular flexibility index (Phi) is 0.580. The van der Waals surface area contributed by atoms with Crippen LogP contribution in [0.4, 0.5) is 0 Å². The van der Waals surface area contributed by atoms with E-state index >= 15 is 0 Å². The number of carbonyl (C=O) groups is 1. The first-order chi connectivity index (χ1) is 4.68. The molecular weight excluding hydrogens is 124 g/mol. The van der Waals surface area contributed by atoms with E-state index in [-0.39, 0.29) is 5.41 Å². The molecule has 0 heterocycles. The first kappa shape index (κ1) is 5.34. The van der Waals surface area contributed by atoms with E-state index in [4.69, 9.17) is 0 Å². The predicted octanol–water partition coefficient (Wildman–Crippen LogP) is 1.77. The van der Waals surface area contributed by atoms with Crippen molar-refractivity contribution in [1.29, 1.82) is 0 Å². The van der Waals surface area contributed by atoms with Gasteiger partial charge in [-0.25, -0.2) is 0 Å². The molecule has 3 fully saturated rings. The van der Waals surface area contributed by atoms with E-state index in [0.29, 0.717) is 17.1 Å². The molecule has 3 rings (SSSR count). The van der Waals surface area contributed by atoms with Crippen molar-refractivity contribution in [3.8, 4) is 0 Å². The fourth-order valence-corrected chi connectivity index (χ4v) is 3.44. The molecule has 3 atom stereocenters. The van der Waals surface area contributed by atoms with Gasteiger partial charge >= 0.3 is 0 Å². The summed E-state index contributed by atoms with van der Waals surface area (Å²) in [5.41, 5.74) is 0.713. The molecule has 54 valence electrons. The van der Waals surface area contributed by atoms with Crippen molar-refractivity contribution in [2.24, 2.45) is 16.7 Å². The molecule has 1 heteroatoms. The van der Waals surface area contributed by atoms with E-state index in [1.54, 1.807) is 0 Å². The van der Waals surface area contributed by atoms with Crippen LogP contribution in [0.2, 0.25) is 0 Å². The molecule has 3 aliphatic carbocycles. The standard InChI is InChI=1S/C9H12O/c1-8-5-9(8)3-2-6(4-9)7(8)10/h6H,2-5H2,1H3. The largest absolute Gasteiger partial charge is 0.299 e. The number of hydrogen-bond acceptors (Lipinski definition) is 1. The van der Waals surface area contributed by atoms with Crippen LogP contribution < -0.4 is 0 Å². The molecule has 0 N–H and O–H groups in total. The number of carbonyl (C=O) groups excluding carboxylic acids is 1. The topological polar surface area (TPSA) is 17.1 Å². The zero-order valence-corrected chi connectivity index (χ0v) is 6.31. The van der Waals surface area contributed by atoms with E-state index in [2.05, 4.69) is 6.92 Å². The lowest BCUT2D eigenvalue weighted by molar-refractivity contribution is -0.126. The zero-order valence-electron chi connectivity index (χ0n) is 6.31. The Morgan fingerprint density at radius 3 is 2.80 bits per heavy atom. The molecule has 0 saturated heterocycles. The van der Waals surface area contributed by atoms with Crippen molar-refractivity contribution in [3.63, 3.8) is 0 Å². The second kappa shape index (κ2) is 1.09. The van der Waals surface area contributed by atoms with Crippen LogP contribution in [-0.2, 0) is 4.79 Å². The highest BCUT2D eigenvalue weighted by atomic mass is 16.1. The summed E-state index contributed by atoms with van der Waals surface area (Å²) in [7, 11) is 0. The van der Waals surface area contributed by atoms with Crippen LogP contribution in [0.15, 0.2) is 0 Å². The minimum absolute atomic E-state index is 0.177. The van der Waals surface area contributed by atoms with Gasteiger partial charge in [-0.2, -0.15) is 0 Å². The summed E-state index contributed by atoms with van der Waals surface area (Å²) in [4.78, 5) is 11.5. The lowest BCUT2D eigenvalue weighted by Crippen LogP contribution is -2.20. The molecule has 0 aliphatic heterocycles. The van der Waals surface area contributed by atoms with Gasteiger partial charge in [0.15, 0.2) is 0 Å². The predicted molar refractivity (Wildman–Crippen MR) is 37.5 cm³/mol. The van der Waals surface area contributed by atoms with Crippen LogP contribution in [0.25, 0.3) is 0 Å². The van der Waals surface area contributed by atoms with Gasteiger partial charge in [-0.05, 0) is 31.1 Å². The molecule has 3 unspecified atom stereocenters. The molecule has 2 bridgehead atoms. The summed E-state index contributed by atoms with van der Waals surface area (Å²) in [5.74, 6) is 1.08. The average molecular weight is 136 g/mol. The van der Waals surface area contributed by atoms with Crippen LogP contribution in [0.5, 0.6) is 0 Å². The fourth-order valence-electron chi connectivity index (χ4n) is 3.44. The van der Waals surface area contributed by atoms with Crippen LogP contribution in [0.3, 0.4) is 0 Å². The smallest absolute Gasteiger partial charge is 0.142 e. The molecule has 1 spiro atoms. The first-order valence-electron chi connectivity index (χ1n) is 4.22. The SMILES string of the molecule is CC12CC13CCC(C3)C2=O. The second-order valence-corrected chi connectivity index (χ2v) is 4.59. The molecule has 0 aromatic rings. The number of ketones is 1. The van der Waals surface area contributed by atoms with Crippen molar-refractivity contribution in [3.05, 3.63) is 0 Å². The lowest BCUT2D eigenvalue weighted by Gasteiger charge is -2.13. The third kappa shape index (κ3) is 0.301. The lowest BCUT2D eigenvalue weighted by atomic mass is 9.89. The van der Waals surface area contributed by atoms with Gasteiger partial charge in [0.25, 0.3) is 0 Å². The van der Waals surface area contributed by atoms with Gasteiger partial charge in [0.05, 0.1) is 0 Å². The van der Waals surface area contributed by atoms with E-state index in [9.17, 15) is 4.79 Å². The molecule has 1 nitrogen and oxygen atoms in total. The molecule has 0 radical (unpaired) electrons. The van der Waals surface area contributed by atoms with Gasteiger partial charge in [-0.15, -0.1) is 0 Å². The average Bonchev–Trinajstić information content (AvgIpc) is 2.27. The maximum absolute atomic E-state index is 11.5. The van der Waals surface area contributed by atoms with Gasteiger partial charge in [0, 0.05) is 11.3 Å². The molecule has 10 heavy (non-hydrogen) atoms. The van der Waals surface area contributed by atoms with Gasteiger partial charge in [-0.3, -0.25) is 4.79 Å². The van der Waals surface area contributed by atoms with Crippen LogP contribution in [0.1, 0.15) is 32.6 Å². The highest BCUT2D eigenvalue weighted by molar-refractivity contribution is 5.95. The molecule has 0 aromatic carbocycles. The van der Waals surface area contributed by atoms with Crippen molar-refractivity contribution in [2.75, 3.05) is 0 Å². The summed E-state index contributed by atoms with van der Waals surface area (Å²) in [6.45, 7) is 2.18. The summed E-state index contributed by atoms with van der Waals surface area (Å²) in [5, 5.41) is 0. The summed E-state index contributed by atoms with van der Waals surface area (Å²) < 4.78 is 0. The first-order valence-corrected chi connectivity index (χ1v) is 4.22. The van der Waals surface area contributed by atoms with Crippen LogP contribution in [-0.4, -0.2) is 5.78 Å². The van der Waals surface area contributed by atoms with Gasteiger partial charge in [0.2, 0.25) is 0 Å².